The van der Waals surface area contributed by atoms with Crippen molar-refractivity contribution in [1.82, 2.24) is 0 Å². The van der Waals surface area contributed by atoms with Gasteiger partial charge in [-0.25, -0.2) is 4.79 Å². The largest absolute Gasteiger partial charge is 0.573 e. The zero-order valence-electron chi connectivity index (χ0n) is 12.8. The molecular formula is C16H12ClF3N2O3. The summed E-state index contributed by atoms with van der Waals surface area (Å²) in [7, 11) is 1.33. The maximum Gasteiger partial charge on any atom is 0.573 e. The van der Waals surface area contributed by atoms with E-state index in [1.807, 2.05) is 0 Å². The molecule has 0 atom stereocenters. The van der Waals surface area contributed by atoms with Gasteiger partial charge in [0.1, 0.15) is 5.75 Å². The first-order chi connectivity index (χ1) is 11.8. The average molecular weight is 373 g/mol. The Balaban J connectivity index is 2.09. The van der Waals surface area contributed by atoms with Crippen molar-refractivity contribution in [2.45, 2.75) is 6.36 Å². The Bertz CT molecular complexity index is 777. The van der Waals surface area contributed by atoms with Crippen molar-refractivity contribution in [3.8, 4) is 5.75 Å². The molecule has 2 aromatic rings. The van der Waals surface area contributed by atoms with Crippen molar-refractivity contribution < 1.29 is 27.4 Å². The molecule has 0 heterocycles. The molecule has 0 saturated carbocycles. The molecule has 0 aliphatic carbocycles. The number of anilines is 1. The number of carbonyl (C=O) groups excluding carboxylic acids is 1. The summed E-state index contributed by atoms with van der Waals surface area (Å²) in [6, 6.07) is 10.5. The van der Waals surface area contributed by atoms with E-state index in [1.165, 1.54) is 19.2 Å². The van der Waals surface area contributed by atoms with Crippen LogP contribution in [0.3, 0.4) is 0 Å². The Hall–Kier alpha value is -2.74. The van der Waals surface area contributed by atoms with Gasteiger partial charge in [-0.1, -0.05) is 23.7 Å². The molecule has 0 bridgehead atoms. The summed E-state index contributed by atoms with van der Waals surface area (Å²) in [6.45, 7) is 0. The lowest BCUT2D eigenvalue weighted by Gasteiger charge is -2.10. The van der Waals surface area contributed by atoms with Crippen LogP contribution < -0.4 is 10.1 Å². The maximum atomic E-state index is 12.1. The van der Waals surface area contributed by atoms with E-state index in [0.29, 0.717) is 10.6 Å². The van der Waals surface area contributed by atoms with Gasteiger partial charge in [0, 0.05) is 5.69 Å². The average Bonchev–Trinajstić information content (AvgIpc) is 2.54. The number of rotatable bonds is 3. The number of ether oxygens (including phenoxy) is 2. The molecule has 0 aliphatic heterocycles. The molecule has 5 nitrogen and oxygen atoms in total. The van der Waals surface area contributed by atoms with Crippen molar-refractivity contribution in [2.24, 2.45) is 4.99 Å². The summed E-state index contributed by atoms with van der Waals surface area (Å²) in [5.74, 6) is -0.400. The molecule has 9 heteroatoms. The molecule has 25 heavy (non-hydrogen) atoms. The van der Waals surface area contributed by atoms with Gasteiger partial charge in [0.05, 0.1) is 17.7 Å². The molecule has 2 amide bonds. The number of hydrogen-bond donors (Lipinski definition) is 1. The van der Waals surface area contributed by atoms with Gasteiger partial charge in [0.15, 0.2) is 0 Å². The van der Waals surface area contributed by atoms with Gasteiger partial charge in [-0.05, 0) is 36.4 Å². The fraction of sp³-hybridized carbons (Fsp3) is 0.125. The summed E-state index contributed by atoms with van der Waals surface area (Å²) < 4.78 is 45.1. The normalized spacial score (nSPS) is 11.8. The van der Waals surface area contributed by atoms with Crippen molar-refractivity contribution >= 4 is 29.2 Å². The van der Waals surface area contributed by atoms with Crippen LogP contribution in [0.2, 0.25) is 5.02 Å². The second-order valence-electron chi connectivity index (χ2n) is 4.60. The predicted molar refractivity (Wildman–Crippen MR) is 87.1 cm³/mol. The molecule has 0 unspecified atom stereocenters. The number of aliphatic imine (C=N–C) groups is 1. The van der Waals surface area contributed by atoms with E-state index in [9.17, 15) is 18.0 Å². The molecule has 0 spiro atoms. The smallest absolute Gasteiger partial charge is 0.480 e. The van der Waals surface area contributed by atoms with Crippen LogP contribution in [0.15, 0.2) is 53.5 Å². The molecule has 2 aromatic carbocycles. The van der Waals surface area contributed by atoms with Crippen LogP contribution in [0.25, 0.3) is 0 Å². The van der Waals surface area contributed by atoms with E-state index in [2.05, 4.69) is 15.0 Å². The molecule has 0 aromatic heterocycles. The highest BCUT2D eigenvalue weighted by Crippen LogP contribution is 2.24. The minimum Gasteiger partial charge on any atom is -0.480 e. The Morgan fingerprint density at radius 3 is 2.32 bits per heavy atom. The number of urea groups is 1. The minimum atomic E-state index is -4.78. The first kappa shape index (κ1) is 18.6. The summed E-state index contributed by atoms with van der Waals surface area (Å²) in [6.07, 6.45) is -4.78. The first-order valence-corrected chi connectivity index (χ1v) is 7.20. The number of amides is 2. The van der Waals surface area contributed by atoms with Gasteiger partial charge in [-0.3, -0.25) is 0 Å². The summed E-state index contributed by atoms with van der Waals surface area (Å²) in [5, 5.41) is 2.75. The van der Waals surface area contributed by atoms with Crippen LogP contribution in [-0.4, -0.2) is 25.4 Å². The monoisotopic (exact) mass is 372 g/mol. The molecule has 0 radical (unpaired) electrons. The molecule has 0 fully saturated rings. The third-order valence-corrected chi connectivity index (χ3v) is 3.17. The molecule has 2 rings (SSSR count). The zero-order chi connectivity index (χ0) is 18.4. The van der Waals surface area contributed by atoms with Crippen LogP contribution in [0, 0.1) is 0 Å². The highest BCUT2D eigenvalue weighted by molar-refractivity contribution is 6.34. The van der Waals surface area contributed by atoms with Gasteiger partial charge in [-0.15, -0.1) is 13.2 Å². The summed E-state index contributed by atoms with van der Waals surface area (Å²) in [5.41, 5.74) is 0.661. The molecule has 1 N–H and O–H groups in total. The van der Waals surface area contributed by atoms with Crippen molar-refractivity contribution in [3.05, 3.63) is 59.1 Å². The number of methoxy groups -OCH3 is 1. The highest BCUT2D eigenvalue weighted by Gasteiger charge is 2.30. The third-order valence-electron chi connectivity index (χ3n) is 2.84. The maximum absolute atomic E-state index is 12.1. The Kier molecular flexibility index (Phi) is 5.87. The van der Waals surface area contributed by atoms with Crippen LogP contribution in [-0.2, 0) is 4.74 Å². The van der Waals surface area contributed by atoms with Crippen LogP contribution >= 0.6 is 11.6 Å². The molecular weight excluding hydrogens is 361 g/mol. The molecule has 132 valence electrons. The van der Waals surface area contributed by atoms with Gasteiger partial charge >= 0.3 is 12.4 Å². The fourth-order valence-corrected chi connectivity index (χ4v) is 2.05. The number of nitrogens with zero attached hydrogens (tertiary/aromatic N) is 1. The second-order valence-corrected chi connectivity index (χ2v) is 5.01. The van der Waals surface area contributed by atoms with Gasteiger partial charge in [0.25, 0.3) is 0 Å². The Morgan fingerprint density at radius 1 is 1.12 bits per heavy atom. The van der Waals surface area contributed by atoms with E-state index < -0.39 is 18.1 Å². The van der Waals surface area contributed by atoms with E-state index >= 15 is 0 Å². The SMILES string of the molecule is CO/C(=N\C(=O)Nc1ccc(OC(F)(F)F)cc1)c1ccccc1Cl. The van der Waals surface area contributed by atoms with Crippen molar-refractivity contribution in [2.75, 3.05) is 12.4 Å². The third kappa shape index (κ3) is 5.68. The van der Waals surface area contributed by atoms with Gasteiger partial charge in [0.2, 0.25) is 5.90 Å². The lowest BCUT2D eigenvalue weighted by molar-refractivity contribution is -0.274. The summed E-state index contributed by atoms with van der Waals surface area (Å²) in [4.78, 5) is 15.7. The number of alkyl halides is 3. The van der Waals surface area contributed by atoms with E-state index in [1.54, 1.807) is 24.3 Å². The van der Waals surface area contributed by atoms with Gasteiger partial charge in [-0.2, -0.15) is 4.99 Å². The van der Waals surface area contributed by atoms with Crippen LogP contribution in [0.5, 0.6) is 5.75 Å². The second kappa shape index (κ2) is 7.89. The van der Waals surface area contributed by atoms with E-state index in [4.69, 9.17) is 16.3 Å². The van der Waals surface area contributed by atoms with Crippen LogP contribution in [0.4, 0.5) is 23.7 Å². The van der Waals surface area contributed by atoms with E-state index in [0.717, 1.165) is 12.1 Å². The Morgan fingerprint density at radius 2 is 1.76 bits per heavy atom. The molecule has 0 aliphatic rings. The quantitative estimate of drug-likeness (QED) is 0.618. The van der Waals surface area contributed by atoms with Gasteiger partial charge < -0.3 is 14.8 Å². The molecule has 0 saturated heterocycles. The highest BCUT2D eigenvalue weighted by atomic mass is 35.5. The van der Waals surface area contributed by atoms with E-state index in [-0.39, 0.29) is 11.6 Å². The lowest BCUT2D eigenvalue weighted by atomic mass is 10.2. The fourth-order valence-electron chi connectivity index (χ4n) is 1.83. The first-order valence-electron chi connectivity index (χ1n) is 6.83. The number of carbonyl (C=O) groups is 1. The Labute approximate surface area is 146 Å². The number of benzene rings is 2. The zero-order valence-corrected chi connectivity index (χ0v) is 13.6. The lowest BCUT2D eigenvalue weighted by Crippen LogP contribution is -2.17. The predicted octanol–water partition coefficient (Wildman–Crippen LogP) is 4.86. The summed E-state index contributed by atoms with van der Waals surface area (Å²) >= 11 is 6.01. The van der Waals surface area contributed by atoms with Crippen molar-refractivity contribution in [3.63, 3.8) is 0 Å². The van der Waals surface area contributed by atoms with Crippen molar-refractivity contribution in [1.29, 1.82) is 0 Å². The minimum absolute atomic E-state index is 0.000116. The van der Waals surface area contributed by atoms with Crippen LogP contribution in [0.1, 0.15) is 5.56 Å². The number of nitrogens with one attached hydrogen (secondary N) is 1. The number of halogens is 4. The topological polar surface area (TPSA) is 59.9 Å². The standard InChI is InChI=1S/C16H12ClF3N2O3/c1-24-14(12-4-2-3-5-13(12)17)22-15(23)21-10-6-8-11(9-7-10)25-16(18,19)20/h2-9H,1H3,(H,21,23)/b22-14-. The number of hydrogen-bond acceptors (Lipinski definition) is 3.